The maximum absolute atomic E-state index is 13.1. The predicted octanol–water partition coefficient (Wildman–Crippen LogP) is 5.12. The second kappa shape index (κ2) is 9.39. The van der Waals surface area contributed by atoms with E-state index < -0.39 is 17.9 Å². The molecule has 2 aromatic carbocycles. The molecule has 3 amide bonds. The summed E-state index contributed by atoms with van der Waals surface area (Å²) < 4.78 is 12.2. The van der Waals surface area contributed by atoms with Crippen molar-refractivity contribution >= 4 is 46.5 Å². The van der Waals surface area contributed by atoms with E-state index in [1.165, 1.54) is 19.2 Å². The van der Waals surface area contributed by atoms with Crippen LogP contribution in [-0.4, -0.2) is 34.5 Å². The molecule has 1 aliphatic heterocycles. The number of nitrogens with one attached hydrogen (secondary N) is 1. The van der Waals surface area contributed by atoms with Gasteiger partial charge in [-0.15, -0.1) is 0 Å². The second-order valence-electron chi connectivity index (χ2n) is 8.33. The minimum absolute atomic E-state index is 0.00252. The molecule has 9 heteroatoms. The highest BCUT2D eigenvalue weighted by Crippen LogP contribution is 2.30. The van der Waals surface area contributed by atoms with Crippen molar-refractivity contribution in [3.05, 3.63) is 99.7 Å². The van der Waals surface area contributed by atoms with Gasteiger partial charge in [-0.25, -0.2) is 9.59 Å². The van der Waals surface area contributed by atoms with Crippen molar-refractivity contribution in [3.8, 4) is 0 Å². The monoisotopic (exact) mass is 503 g/mol. The average molecular weight is 504 g/mol. The molecule has 0 unspecified atom stereocenters. The van der Waals surface area contributed by atoms with Gasteiger partial charge in [0.2, 0.25) is 5.76 Å². The van der Waals surface area contributed by atoms with Gasteiger partial charge in [-0.3, -0.25) is 9.69 Å². The number of halogens is 1. The first-order valence-electron chi connectivity index (χ1n) is 11.2. The van der Waals surface area contributed by atoms with Crippen molar-refractivity contribution in [2.24, 2.45) is 0 Å². The van der Waals surface area contributed by atoms with Gasteiger partial charge in [0.05, 0.1) is 13.7 Å². The molecule has 2 aromatic heterocycles. The molecule has 0 aliphatic carbocycles. The van der Waals surface area contributed by atoms with Crippen molar-refractivity contribution in [2.45, 2.75) is 20.0 Å². The van der Waals surface area contributed by atoms with E-state index in [4.69, 9.17) is 16.0 Å². The summed E-state index contributed by atoms with van der Waals surface area (Å²) in [5, 5.41) is 4.28. The van der Waals surface area contributed by atoms with Gasteiger partial charge in [0, 0.05) is 33.7 Å². The standard InChI is InChI=1S/C27H22ClN3O5/c1-16-20(19-8-4-6-10-23(19)30(16)14-17-7-3-5-9-21(17)28)13-22-25(32)31(27(34)29-22)15-18-11-12-24(36-18)26(33)35-2/h3-13H,14-15H2,1-2H3,(H,29,34)/b22-13-. The first kappa shape index (κ1) is 23.4. The third kappa shape index (κ3) is 4.16. The summed E-state index contributed by atoms with van der Waals surface area (Å²) >= 11 is 6.41. The van der Waals surface area contributed by atoms with Crippen LogP contribution >= 0.6 is 11.6 Å². The van der Waals surface area contributed by atoms with Crippen molar-refractivity contribution in [3.63, 3.8) is 0 Å². The van der Waals surface area contributed by atoms with Crippen molar-refractivity contribution in [1.29, 1.82) is 0 Å². The highest BCUT2D eigenvalue weighted by Gasteiger charge is 2.35. The number of carbonyl (C=O) groups is 3. The van der Waals surface area contributed by atoms with Gasteiger partial charge in [0.1, 0.15) is 11.5 Å². The van der Waals surface area contributed by atoms with Gasteiger partial charge < -0.3 is 19.0 Å². The molecule has 1 N–H and O–H groups in total. The number of benzene rings is 2. The number of aromatic nitrogens is 1. The molecule has 3 heterocycles. The predicted molar refractivity (Wildman–Crippen MR) is 134 cm³/mol. The van der Waals surface area contributed by atoms with Gasteiger partial charge >= 0.3 is 12.0 Å². The molecule has 0 radical (unpaired) electrons. The number of hydrogen-bond donors (Lipinski definition) is 1. The number of carbonyl (C=O) groups excluding carboxylic acids is 3. The molecule has 0 atom stereocenters. The number of esters is 1. The summed E-state index contributed by atoms with van der Waals surface area (Å²) in [6.07, 6.45) is 1.70. The van der Waals surface area contributed by atoms with Crippen LogP contribution in [0.3, 0.4) is 0 Å². The van der Waals surface area contributed by atoms with Gasteiger partial charge in [0.25, 0.3) is 5.91 Å². The zero-order valence-corrected chi connectivity index (χ0v) is 20.3. The number of ether oxygens (including phenoxy) is 1. The van der Waals surface area contributed by atoms with E-state index in [0.29, 0.717) is 11.6 Å². The Bertz CT molecular complexity index is 1550. The topological polar surface area (TPSA) is 93.8 Å². The number of amides is 3. The minimum Gasteiger partial charge on any atom is -0.463 e. The zero-order valence-electron chi connectivity index (χ0n) is 19.6. The van der Waals surface area contributed by atoms with E-state index in [-0.39, 0.29) is 23.8 Å². The smallest absolute Gasteiger partial charge is 0.373 e. The largest absolute Gasteiger partial charge is 0.463 e. The Kier molecular flexibility index (Phi) is 6.12. The molecule has 0 spiro atoms. The molecule has 8 nitrogen and oxygen atoms in total. The Balaban J connectivity index is 1.47. The van der Waals surface area contributed by atoms with Crippen molar-refractivity contribution < 1.29 is 23.5 Å². The van der Waals surface area contributed by atoms with E-state index in [9.17, 15) is 14.4 Å². The number of urea groups is 1. The molecule has 1 aliphatic rings. The fraction of sp³-hybridized carbons (Fsp3) is 0.148. The molecule has 0 bridgehead atoms. The number of fused-ring (bicyclic) bond motifs is 1. The third-order valence-electron chi connectivity index (χ3n) is 6.18. The molecule has 4 aromatic rings. The molecule has 1 saturated heterocycles. The second-order valence-corrected chi connectivity index (χ2v) is 8.74. The summed E-state index contributed by atoms with van der Waals surface area (Å²) in [7, 11) is 1.24. The van der Waals surface area contributed by atoms with Crippen molar-refractivity contribution in [2.75, 3.05) is 7.11 Å². The lowest BCUT2D eigenvalue weighted by Crippen LogP contribution is -2.30. The van der Waals surface area contributed by atoms with Crippen LogP contribution in [0.15, 0.2) is 70.8 Å². The van der Waals surface area contributed by atoms with Crippen LogP contribution in [0.5, 0.6) is 0 Å². The summed E-state index contributed by atoms with van der Waals surface area (Å²) in [6.45, 7) is 2.41. The number of nitrogens with zero attached hydrogens (tertiary/aromatic N) is 2. The Hall–Kier alpha value is -4.30. The Labute approximate surface area is 211 Å². The van der Waals surface area contributed by atoms with Gasteiger partial charge in [0.15, 0.2) is 0 Å². The normalized spacial score (nSPS) is 14.6. The number of methoxy groups -OCH3 is 1. The molecule has 0 saturated carbocycles. The Morgan fingerprint density at radius 3 is 2.58 bits per heavy atom. The molecular weight excluding hydrogens is 482 g/mol. The highest BCUT2D eigenvalue weighted by atomic mass is 35.5. The summed E-state index contributed by atoms with van der Waals surface area (Å²) in [4.78, 5) is 38.4. The van der Waals surface area contributed by atoms with E-state index in [1.807, 2.05) is 55.5 Å². The maximum atomic E-state index is 13.1. The molecule has 36 heavy (non-hydrogen) atoms. The number of imide groups is 1. The van der Waals surface area contributed by atoms with Gasteiger partial charge in [-0.2, -0.15) is 0 Å². The first-order valence-corrected chi connectivity index (χ1v) is 11.6. The fourth-order valence-electron chi connectivity index (χ4n) is 4.33. The summed E-state index contributed by atoms with van der Waals surface area (Å²) in [5.74, 6) is -0.842. The van der Waals surface area contributed by atoms with E-state index in [1.54, 1.807) is 6.08 Å². The number of para-hydroxylation sites is 1. The lowest BCUT2D eigenvalue weighted by molar-refractivity contribution is -0.123. The SMILES string of the molecule is COC(=O)c1ccc(CN2C(=O)N/C(=C\c3c(C)n(Cc4ccccc4Cl)c4ccccc34)C2=O)o1. The van der Waals surface area contributed by atoms with Crippen LogP contribution in [0.2, 0.25) is 5.02 Å². The van der Waals surface area contributed by atoms with Crippen LogP contribution in [-0.2, 0) is 22.6 Å². The first-order chi connectivity index (χ1) is 17.4. The number of furan rings is 1. The summed E-state index contributed by atoms with van der Waals surface area (Å²) in [6, 6.07) is 17.9. The van der Waals surface area contributed by atoms with Crippen LogP contribution in [0.4, 0.5) is 4.79 Å². The van der Waals surface area contributed by atoms with Crippen LogP contribution in [0.25, 0.3) is 17.0 Å². The average Bonchev–Trinajstić information content (AvgIpc) is 3.53. The molecular formula is C27H22ClN3O5. The molecule has 5 rings (SSSR count). The van der Waals surface area contributed by atoms with E-state index in [0.717, 1.165) is 32.6 Å². The number of hydrogen-bond acceptors (Lipinski definition) is 5. The summed E-state index contributed by atoms with van der Waals surface area (Å²) in [5.41, 5.74) is 3.88. The van der Waals surface area contributed by atoms with Crippen molar-refractivity contribution in [1.82, 2.24) is 14.8 Å². The van der Waals surface area contributed by atoms with Crippen LogP contribution in [0, 0.1) is 6.92 Å². The van der Waals surface area contributed by atoms with Gasteiger partial charge in [-0.05, 0) is 42.8 Å². The van der Waals surface area contributed by atoms with E-state index >= 15 is 0 Å². The minimum atomic E-state index is -0.636. The highest BCUT2D eigenvalue weighted by molar-refractivity contribution is 6.31. The lowest BCUT2D eigenvalue weighted by Gasteiger charge is -2.10. The lowest BCUT2D eigenvalue weighted by atomic mass is 10.1. The third-order valence-corrected chi connectivity index (χ3v) is 6.55. The molecule has 182 valence electrons. The molecule has 1 fully saturated rings. The Morgan fingerprint density at radius 2 is 1.81 bits per heavy atom. The van der Waals surface area contributed by atoms with E-state index in [2.05, 4.69) is 14.6 Å². The van der Waals surface area contributed by atoms with Gasteiger partial charge in [-0.1, -0.05) is 48.0 Å². The van der Waals surface area contributed by atoms with Crippen LogP contribution < -0.4 is 5.32 Å². The van der Waals surface area contributed by atoms with Crippen LogP contribution in [0.1, 0.15) is 33.1 Å². The number of rotatable bonds is 6. The Morgan fingerprint density at radius 1 is 1.06 bits per heavy atom. The zero-order chi connectivity index (χ0) is 25.4. The maximum Gasteiger partial charge on any atom is 0.373 e. The fourth-order valence-corrected chi connectivity index (χ4v) is 4.52. The quantitative estimate of drug-likeness (QED) is 0.224.